The molecule has 1 aromatic heterocycles. The maximum Gasteiger partial charge on any atom is 0.410 e. The summed E-state index contributed by atoms with van der Waals surface area (Å²) in [5.41, 5.74) is 7.71. The van der Waals surface area contributed by atoms with E-state index < -0.39 is 35.7 Å². The van der Waals surface area contributed by atoms with Crippen LogP contribution in [0.5, 0.6) is 0 Å². The van der Waals surface area contributed by atoms with Gasteiger partial charge >= 0.3 is 6.09 Å². The van der Waals surface area contributed by atoms with Crippen LogP contribution in [0.25, 0.3) is 10.4 Å². The van der Waals surface area contributed by atoms with Crippen molar-refractivity contribution in [1.29, 1.82) is 0 Å². The molecule has 0 saturated carbocycles. The average molecular weight is 529 g/mol. The Bertz CT molecular complexity index is 1190. The van der Waals surface area contributed by atoms with E-state index in [1.165, 1.54) is 16.2 Å². The molecule has 0 aliphatic carbocycles. The summed E-state index contributed by atoms with van der Waals surface area (Å²) in [5.74, 6) is -1.23. The van der Waals surface area contributed by atoms with E-state index in [2.05, 4.69) is 10.6 Å². The third kappa shape index (κ3) is 6.66. The first-order valence-corrected chi connectivity index (χ1v) is 13.0. The number of carbonyl (C=O) groups is 4. The number of carbonyl (C=O) groups excluding carboxylic acids is 4. The second-order valence-corrected chi connectivity index (χ2v) is 11.2. The fourth-order valence-electron chi connectivity index (χ4n) is 4.15. The number of benzene rings is 1. The Hall–Kier alpha value is -3.44. The van der Waals surface area contributed by atoms with Crippen LogP contribution in [0.2, 0.25) is 0 Å². The number of hydrogen-bond donors (Lipinski definition) is 3. The molecule has 1 aromatic carbocycles. The van der Waals surface area contributed by atoms with E-state index in [0.717, 1.165) is 26.4 Å². The average Bonchev–Trinajstić information content (AvgIpc) is 3.29. The molecule has 1 fully saturated rings. The monoisotopic (exact) mass is 528 g/mol. The number of hydrogen-bond acceptors (Lipinski definition) is 7. The number of primary amides is 1. The van der Waals surface area contributed by atoms with Crippen molar-refractivity contribution in [2.24, 2.45) is 5.73 Å². The van der Waals surface area contributed by atoms with Crippen molar-refractivity contribution >= 4 is 35.2 Å². The van der Waals surface area contributed by atoms with Gasteiger partial charge in [0.05, 0.1) is 11.4 Å². The molecule has 0 radical (unpaired) electrons. The Morgan fingerprint density at radius 2 is 2.00 bits per heavy atom. The molecular weight excluding hydrogens is 496 g/mol. The molecule has 0 spiro atoms. The van der Waals surface area contributed by atoms with E-state index in [-0.39, 0.29) is 18.9 Å². The van der Waals surface area contributed by atoms with Gasteiger partial charge in [0.2, 0.25) is 5.91 Å². The first-order valence-electron chi connectivity index (χ1n) is 12.2. The summed E-state index contributed by atoms with van der Waals surface area (Å²) >= 11 is 1.44. The highest BCUT2D eigenvalue weighted by Gasteiger charge is 2.32. The molecule has 2 aromatic rings. The molecule has 4 rings (SSSR count). The number of amides is 4. The van der Waals surface area contributed by atoms with Crippen molar-refractivity contribution in [1.82, 2.24) is 15.5 Å². The first-order chi connectivity index (χ1) is 17.5. The van der Waals surface area contributed by atoms with Gasteiger partial charge in [0.1, 0.15) is 11.6 Å². The van der Waals surface area contributed by atoms with Crippen LogP contribution in [0.1, 0.15) is 48.0 Å². The van der Waals surface area contributed by atoms with Crippen LogP contribution < -0.4 is 16.4 Å². The van der Waals surface area contributed by atoms with E-state index >= 15 is 0 Å². The molecule has 2 aliphatic rings. The smallest absolute Gasteiger partial charge is 0.410 e. The third-order valence-corrected chi connectivity index (χ3v) is 7.24. The summed E-state index contributed by atoms with van der Waals surface area (Å²) in [5, 5.41) is 5.49. The molecule has 11 heteroatoms. The number of fused-ring (bicyclic) bond motifs is 1. The Morgan fingerprint density at radius 1 is 1.27 bits per heavy atom. The normalized spacial score (nSPS) is 18.4. The van der Waals surface area contributed by atoms with Gasteiger partial charge in [0.15, 0.2) is 6.10 Å². The number of nitrogens with one attached hydrogen (secondary N) is 2. The largest absolute Gasteiger partial charge is 0.444 e. The maximum absolute atomic E-state index is 13.0. The van der Waals surface area contributed by atoms with Gasteiger partial charge in [-0.1, -0.05) is 24.3 Å². The molecule has 3 heterocycles. The zero-order valence-electron chi connectivity index (χ0n) is 21.2. The minimum atomic E-state index is -0.950. The van der Waals surface area contributed by atoms with Crippen molar-refractivity contribution in [3.63, 3.8) is 0 Å². The van der Waals surface area contributed by atoms with Crippen molar-refractivity contribution in [3.05, 3.63) is 46.3 Å². The second kappa shape index (κ2) is 10.9. The summed E-state index contributed by atoms with van der Waals surface area (Å²) in [6.45, 7) is 6.60. The molecule has 10 nitrogen and oxygen atoms in total. The fourth-order valence-corrected chi connectivity index (χ4v) is 5.26. The van der Waals surface area contributed by atoms with Crippen LogP contribution in [-0.4, -0.2) is 66.2 Å². The van der Waals surface area contributed by atoms with Crippen molar-refractivity contribution in [2.75, 3.05) is 19.7 Å². The van der Waals surface area contributed by atoms with Crippen LogP contribution >= 0.6 is 11.3 Å². The summed E-state index contributed by atoms with van der Waals surface area (Å²) in [6, 6.07) is 8.63. The molecule has 37 heavy (non-hydrogen) atoms. The molecule has 0 unspecified atom stereocenters. The van der Waals surface area contributed by atoms with E-state index in [1.54, 1.807) is 20.8 Å². The first kappa shape index (κ1) is 26.6. The van der Waals surface area contributed by atoms with E-state index in [4.69, 9.17) is 15.2 Å². The van der Waals surface area contributed by atoms with Gasteiger partial charge in [-0.15, -0.1) is 11.3 Å². The van der Waals surface area contributed by atoms with E-state index in [1.807, 2.05) is 30.3 Å². The molecule has 2 atom stereocenters. The highest BCUT2D eigenvalue weighted by atomic mass is 32.1. The van der Waals surface area contributed by atoms with Gasteiger partial charge in [-0.2, -0.15) is 0 Å². The molecule has 2 aliphatic heterocycles. The van der Waals surface area contributed by atoms with Crippen LogP contribution in [0.4, 0.5) is 4.79 Å². The van der Waals surface area contributed by atoms with Crippen molar-refractivity contribution in [2.45, 2.75) is 57.9 Å². The number of nitrogens with zero attached hydrogens (tertiary/aromatic N) is 1. The summed E-state index contributed by atoms with van der Waals surface area (Å²) in [4.78, 5) is 52.7. The summed E-state index contributed by atoms with van der Waals surface area (Å²) in [7, 11) is 0. The minimum Gasteiger partial charge on any atom is -0.444 e. The summed E-state index contributed by atoms with van der Waals surface area (Å²) < 4.78 is 11.1. The van der Waals surface area contributed by atoms with Gasteiger partial charge in [0.25, 0.3) is 11.8 Å². The van der Waals surface area contributed by atoms with Crippen LogP contribution in [0.15, 0.2) is 30.3 Å². The Balaban J connectivity index is 1.39. The van der Waals surface area contributed by atoms with Crippen molar-refractivity contribution in [3.8, 4) is 10.4 Å². The maximum atomic E-state index is 13.0. The Labute approximate surface area is 219 Å². The standard InChI is InChI=1S/C26H32N4O6S/c1-26(2,3)36-25(34)30-9-4-10-35-19(14-30)23(32)29-18(22(27)31)11-15-5-7-16(8-6-15)20-12-17-13-28-24(33)21(17)37-20/h5-8,12,18-19H,4,9-11,13-14H2,1-3H3,(H2,27,31)(H,28,33)(H,29,32)/t18-,19-/m0/s1. The Kier molecular flexibility index (Phi) is 7.84. The minimum absolute atomic E-state index is 0.0176. The number of nitrogens with two attached hydrogens (primary N) is 1. The number of rotatable bonds is 6. The SMILES string of the molecule is CC(C)(C)OC(=O)N1CCCO[C@H](C(=O)N[C@@H](Cc2ccc(-c3cc4c(s3)C(=O)NC4)cc2)C(N)=O)C1. The molecular formula is C26H32N4O6S. The molecule has 4 amide bonds. The van der Waals surface area contributed by atoms with Crippen molar-refractivity contribution < 1.29 is 28.7 Å². The topological polar surface area (TPSA) is 140 Å². The fraction of sp³-hybridized carbons (Fsp3) is 0.462. The van der Waals surface area contributed by atoms with Crippen LogP contribution in [0.3, 0.4) is 0 Å². The molecule has 198 valence electrons. The van der Waals surface area contributed by atoms with E-state index in [0.29, 0.717) is 26.1 Å². The van der Waals surface area contributed by atoms with E-state index in [9.17, 15) is 19.2 Å². The Morgan fingerprint density at radius 3 is 2.65 bits per heavy atom. The lowest BCUT2D eigenvalue weighted by Crippen LogP contribution is -2.52. The van der Waals surface area contributed by atoms with Gasteiger partial charge < -0.3 is 30.7 Å². The highest BCUT2D eigenvalue weighted by molar-refractivity contribution is 7.17. The molecule has 0 bridgehead atoms. The lowest BCUT2D eigenvalue weighted by molar-refractivity contribution is -0.136. The second-order valence-electron chi connectivity index (χ2n) is 10.2. The van der Waals surface area contributed by atoms with Crippen LogP contribution in [0, 0.1) is 0 Å². The quantitative estimate of drug-likeness (QED) is 0.525. The van der Waals surface area contributed by atoms with Gasteiger partial charge in [-0.3, -0.25) is 14.4 Å². The summed E-state index contributed by atoms with van der Waals surface area (Å²) in [6.07, 6.45) is -0.698. The number of thiophene rings is 1. The van der Waals surface area contributed by atoms with Gasteiger partial charge in [0, 0.05) is 31.0 Å². The lowest BCUT2D eigenvalue weighted by Gasteiger charge is -2.28. The van der Waals surface area contributed by atoms with Gasteiger partial charge in [-0.05, 0) is 49.9 Å². The van der Waals surface area contributed by atoms with Crippen LogP contribution in [-0.2, 0) is 32.0 Å². The molecule has 4 N–H and O–H groups in total. The lowest BCUT2D eigenvalue weighted by atomic mass is 10.0. The predicted octanol–water partition coefficient (Wildman–Crippen LogP) is 2.20. The van der Waals surface area contributed by atoms with Gasteiger partial charge in [-0.25, -0.2) is 4.79 Å². The zero-order valence-corrected chi connectivity index (χ0v) is 22.0. The molecule has 1 saturated heterocycles. The number of ether oxygens (including phenoxy) is 2. The predicted molar refractivity (Wildman–Crippen MR) is 138 cm³/mol. The zero-order chi connectivity index (χ0) is 26.7. The highest BCUT2D eigenvalue weighted by Crippen LogP contribution is 2.34. The third-order valence-electron chi connectivity index (χ3n) is 6.01.